The fourth-order valence-corrected chi connectivity index (χ4v) is 3.50. The molecule has 1 N–H and O–H groups in total. The first-order valence-electron chi connectivity index (χ1n) is 6.10. The number of rotatable bonds is 3. The molecule has 0 saturated carbocycles. The van der Waals surface area contributed by atoms with Crippen LogP contribution in [-0.4, -0.2) is 35.8 Å². The molecule has 0 radical (unpaired) electrons. The van der Waals surface area contributed by atoms with Gasteiger partial charge in [-0.15, -0.1) is 0 Å². The van der Waals surface area contributed by atoms with Gasteiger partial charge in [0.1, 0.15) is 5.75 Å². The Morgan fingerprint density at radius 3 is 2.67 bits per heavy atom. The van der Waals surface area contributed by atoms with Crippen LogP contribution < -0.4 is 0 Å². The van der Waals surface area contributed by atoms with Crippen molar-refractivity contribution in [1.82, 2.24) is 4.90 Å². The summed E-state index contributed by atoms with van der Waals surface area (Å²) in [5, 5.41) is 9.71. The lowest BCUT2D eigenvalue weighted by molar-refractivity contribution is -0.0127. The van der Waals surface area contributed by atoms with E-state index in [1.807, 2.05) is 12.1 Å². The minimum atomic E-state index is 0.257. The van der Waals surface area contributed by atoms with E-state index in [-0.39, 0.29) is 5.75 Å². The van der Waals surface area contributed by atoms with Crippen LogP contribution in [0.25, 0.3) is 0 Å². The Morgan fingerprint density at radius 2 is 2.06 bits per heavy atom. The number of nitrogens with zero attached hydrogens (tertiary/aromatic N) is 1. The van der Waals surface area contributed by atoms with Crippen LogP contribution in [0.2, 0.25) is 0 Å². The first-order chi connectivity index (χ1) is 8.61. The average molecular weight is 379 g/mol. The van der Waals surface area contributed by atoms with Gasteiger partial charge in [-0.25, -0.2) is 0 Å². The highest BCUT2D eigenvalue weighted by Crippen LogP contribution is 2.34. The molecule has 1 fully saturated rings. The third kappa shape index (κ3) is 3.26. The van der Waals surface area contributed by atoms with Crippen LogP contribution in [0, 0.1) is 0 Å². The van der Waals surface area contributed by atoms with E-state index in [9.17, 15) is 5.11 Å². The lowest BCUT2D eigenvalue weighted by Crippen LogP contribution is -2.44. The number of phenolic OH excluding ortho intramolecular Hbond substituents is 1. The van der Waals surface area contributed by atoms with Gasteiger partial charge >= 0.3 is 0 Å². The minimum absolute atomic E-state index is 0.257. The van der Waals surface area contributed by atoms with E-state index in [0.717, 1.165) is 41.7 Å². The monoisotopic (exact) mass is 377 g/mol. The molecule has 1 aromatic rings. The van der Waals surface area contributed by atoms with E-state index in [2.05, 4.69) is 43.7 Å². The number of hydrogen-bond acceptors (Lipinski definition) is 3. The summed E-state index contributed by atoms with van der Waals surface area (Å²) >= 11 is 6.74. The molecule has 0 spiro atoms. The summed E-state index contributed by atoms with van der Waals surface area (Å²) in [6.45, 7) is 5.66. The Balaban J connectivity index is 2.13. The van der Waals surface area contributed by atoms with Crippen molar-refractivity contribution < 1.29 is 9.84 Å². The first kappa shape index (κ1) is 14.3. The Hall–Kier alpha value is -0.100. The van der Waals surface area contributed by atoms with Crippen LogP contribution in [0.5, 0.6) is 5.75 Å². The Kier molecular flexibility index (Phi) is 5.06. The summed E-state index contributed by atoms with van der Waals surface area (Å²) < 4.78 is 6.97. The second kappa shape index (κ2) is 6.37. The number of aromatic hydroxyl groups is 1. The third-order valence-electron chi connectivity index (χ3n) is 3.28. The zero-order chi connectivity index (χ0) is 13.1. The lowest BCUT2D eigenvalue weighted by Gasteiger charge is -2.35. The quantitative estimate of drug-likeness (QED) is 0.873. The van der Waals surface area contributed by atoms with Gasteiger partial charge in [0, 0.05) is 19.1 Å². The molecule has 1 aromatic carbocycles. The van der Waals surface area contributed by atoms with E-state index >= 15 is 0 Å². The molecular weight excluding hydrogens is 362 g/mol. The van der Waals surface area contributed by atoms with E-state index in [1.165, 1.54) is 5.56 Å². The number of morpholine rings is 1. The molecule has 1 atom stereocenters. The van der Waals surface area contributed by atoms with Gasteiger partial charge in [0.2, 0.25) is 0 Å². The zero-order valence-corrected chi connectivity index (χ0v) is 13.5. The van der Waals surface area contributed by atoms with Crippen molar-refractivity contribution in [3.8, 4) is 5.75 Å². The van der Waals surface area contributed by atoms with E-state index < -0.39 is 0 Å². The fourth-order valence-electron chi connectivity index (χ4n) is 2.22. The van der Waals surface area contributed by atoms with Crippen molar-refractivity contribution in [3.63, 3.8) is 0 Å². The normalized spacial score (nSPS) is 21.2. The summed E-state index contributed by atoms with van der Waals surface area (Å²) in [5.74, 6) is 0.257. The fraction of sp³-hybridized carbons (Fsp3) is 0.538. The second-order valence-electron chi connectivity index (χ2n) is 4.52. The predicted octanol–water partition coefficient (Wildman–Crippen LogP) is 3.53. The van der Waals surface area contributed by atoms with Crippen molar-refractivity contribution in [2.45, 2.75) is 25.9 Å². The van der Waals surface area contributed by atoms with E-state index in [0.29, 0.717) is 6.04 Å². The molecule has 0 bridgehead atoms. The second-order valence-corrected chi connectivity index (χ2v) is 6.22. The molecule has 1 saturated heterocycles. The maximum absolute atomic E-state index is 9.71. The molecule has 1 unspecified atom stereocenters. The summed E-state index contributed by atoms with van der Waals surface area (Å²) in [6.07, 6.45) is 1.10. The van der Waals surface area contributed by atoms with Gasteiger partial charge in [-0.05, 0) is 56.0 Å². The maximum atomic E-state index is 9.71. The molecule has 5 heteroatoms. The standard InChI is InChI=1S/C13H17Br2NO2/c1-2-10-8-18-4-3-16(10)7-9-5-11(14)13(17)12(15)6-9/h5-6,10,17H,2-4,7-8H2,1H3. The van der Waals surface area contributed by atoms with E-state index in [1.54, 1.807) is 0 Å². The van der Waals surface area contributed by atoms with Crippen molar-refractivity contribution in [2.75, 3.05) is 19.8 Å². The van der Waals surface area contributed by atoms with Gasteiger partial charge in [-0.1, -0.05) is 6.92 Å². The Morgan fingerprint density at radius 1 is 1.39 bits per heavy atom. The summed E-state index contributed by atoms with van der Waals surface area (Å²) in [7, 11) is 0. The number of benzene rings is 1. The van der Waals surface area contributed by atoms with Crippen molar-refractivity contribution in [3.05, 3.63) is 26.6 Å². The number of phenols is 1. The van der Waals surface area contributed by atoms with Crippen LogP contribution in [0.3, 0.4) is 0 Å². The smallest absolute Gasteiger partial charge is 0.143 e. The summed E-state index contributed by atoms with van der Waals surface area (Å²) in [5.41, 5.74) is 1.19. The van der Waals surface area contributed by atoms with Crippen LogP contribution in [0.1, 0.15) is 18.9 Å². The highest BCUT2D eigenvalue weighted by atomic mass is 79.9. The molecule has 0 amide bonds. The molecule has 0 aliphatic carbocycles. The van der Waals surface area contributed by atoms with Crippen molar-refractivity contribution in [2.24, 2.45) is 0 Å². The highest BCUT2D eigenvalue weighted by molar-refractivity contribution is 9.11. The van der Waals surface area contributed by atoms with Crippen LogP contribution in [0.15, 0.2) is 21.1 Å². The molecule has 1 aliphatic heterocycles. The molecule has 18 heavy (non-hydrogen) atoms. The van der Waals surface area contributed by atoms with E-state index in [4.69, 9.17) is 4.74 Å². The van der Waals surface area contributed by atoms with Crippen LogP contribution in [-0.2, 0) is 11.3 Å². The van der Waals surface area contributed by atoms with Gasteiger partial charge in [-0.2, -0.15) is 0 Å². The van der Waals surface area contributed by atoms with Crippen LogP contribution in [0.4, 0.5) is 0 Å². The molecule has 1 aliphatic rings. The third-order valence-corrected chi connectivity index (χ3v) is 4.49. The average Bonchev–Trinajstić information content (AvgIpc) is 2.36. The topological polar surface area (TPSA) is 32.7 Å². The molecule has 2 rings (SSSR count). The van der Waals surface area contributed by atoms with Gasteiger partial charge in [0.05, 0.1) is 22.2 Å². The van der Waals surface area contributed by atoms with Crippen LogP contribution >= 0.6 is 31.9 Å². The zero-order valence-electron chi connectivity index (χ0n) is 10.3. The first-order valence-corrected chi connectivity index (χ1v) is 7.69. The Labute approximate surface area is 124 Å². The molecular formula is C13H17Br2NO2. The van der Waals surface area contributed by atoms with Crippen molar-refractivity contribution >= 4 is 31.9 Å². The van der Waals surface area contributed by atoms with Gasteiger partial charge in [0.15, 0.2) is 0 Å². The summed E-state index contributed by atoms with van der Waals surface area (Å²) in [4.78, 5) is 2.44. The maximum Gasteiger partial charge on any atom is 0.143 e. The number of hydrogen-bond donors (Lipinski definition) is 1. The number of ether oxygens (including phenoxy) is 1. The predicted molar refractivity (Wildman–Crippen MR) is 78.8 cm³/mol. The van der Waals surface area contributed by atoms with Gasteiger partial charge in [0.25, 0.3) is 0 Å². The van der Waals surface area contributed by atoms with Gasteiger partial charge < -0.3 is 9.84 Å². The minimum Gasteiger partial charge on any atom is -0.506 e. The van der Waals surface area contributed by atoms with Gasteiger partial charge in [-0.3, -0.25) is 4.90 Å². The molecule has 1 heterocycles. The van der Waals surface area contributed by atoms with Crippen molar-refractivity contribution in [1.29, 1.82) is 0 Å². The Bertz CT molecular complexity index is 402. The molecule has 0 aromatic heterocycles. The lowest BCUT2D eigenvalue weighted by atomic mass is 10.1. The number of halogens is 2. The highest BCUT2D eigenvalue weighted by Gasteiger charge is 2.21. The molecule has 3 nitrogen and oxygen atoms in total. The molecule has 100 valence electrons. The summed E-state index contributed by atoms with van der Waals surface area (Å²) in [6, 6.07) is 4.44. The SMILES string of the molecule is CCC1COCCN1Cc1cc(Br)c(O)c(Br)c1. The largest absolute Gasteiger partial charge is 0.506 e.